The van der Waals surface area contributed by atoms with Crippen LogP contribution in [0, 0.1) is 16.7 Å². The molecule has 2 atom stereocenters. The molecule has 2 bridgehead atoms. The normalized spacial score (nSPS) is 48.9. The van der Waals surface area contributed by atoms with E-state index in [4.69, 9.17) is 0 Å². The van der Waals surface area contributed by atoms with Crippen molar-refractivity contribution < 1.29 is 4.79 Å². The van der Waals surface area contributed by atoms with Crippen LogP contribution in [-0.2, 0) is 4.79 Å². The first kappa shape index (κ1) is 10.2. The summed E-state index contributed by atoms with van der Waals surface area (Å²) in [4.78, 5) is 13.7. The zero-order chi connectivity index (χ0) is 10.4. The molecule has 2 nitrogen and oxygen atoms in total. The largest absolute Gasteiger partial charge is 0.305 e. The van der Waals surface area contributed by atoms with E-state index in [1.807, 2.05) is 0 Å². The zero-order valence-electron chi connectivity index (χ0n) is 9.55. The number of hydrogen-bond donors (Lipinski definition) is 0. The second-order valence-electron chi connectivity index (χ2n) is 5.95. The Morgan fingerprint density at radius 1 is 1.21 bits per heavy atom. The molecule has 0 spiro atoms. The lowest BCUT2D eigenvalue weighted by molar-refractivity contribution is -0.135. The minimum Gasteiger partial charge on any atom is -0.305 e. The Morgan fingerprint density at radius 3 is 2.14 bits per heavy atom. The molecular formula is C12H21NO. The second kappa shape index (κ2) is 3.06. The number of carbonyl (C=O) groups excluding carboxylic acids is 1. The Hall–Kier alpha value is -0.370. The molecule has 2 unspecified atom stereocenters. The maximum Gasteiger partial charge on any atom is 0.124 e. The Labute approximate surface area is 86.7 Å². The highest BCUT2D eigenvalue weighted by molar-refractivity contribution is 5.57. The molecule has 0 aromatic heterocycles. The Balaban J connectivity index is 2.35. The van der Waals surface area contributed by atoms with Crippen molar-refractivity contribution in [3.05, 3.63) is 0 Å². The molecule has 1 aliphatic carbocycles. The molecule has 0 N–H and O–H groups in total. The van der Waals surface area contributed by atoms with Gasteiger partial charge >= 0.3 is 0 Å². The highest BCUT2D eigenvalue weighted by atomic mass is 16.1. The lowest BCUT2D eigenvalue weighted by Gasteiger charge is -2.57. The summed E-state index contributed by atoms with van der Waals surface area (Å²) >= 11 is 0. The van der Waals surface area contributed by atoms with E-state index in [0.717, 1.165) is 13.1 Å². The summed E-state index contributed by atoms with van der Waals surface area (Å²) in [5.74, 6) is 0.278. The zero-order valence-corrected chi connectivity index (χ0v) is 9.55. The Bertz CT molecular complexity index is 233. The highest BCUT2D eigenvalue weighted by Crippen LogP contribution is 2.53. The fourth-order valence-corrected chi connectivity index (χ4v) is 4.02. The number of piperidine rings is 1. The summed E-state index contributed by atoms with van der Waals surface area (Å²) in [6.07, 6.45) is 4.96. The van der Waals surface area contributed by atoms with Crippen molar-refractivity contribution in [2.75, 3.05) is 20.1 Å². The van der Waals surface area contributed by atoms with Gasteiger partial charge in [0.25, 0.3) is 0 Å². The third-order valence-corrected chi connectivity index (χ3v) is 4.40. The van der Waals surface area contributed by atoms with Crippen molar-refractivity contribution in [2.24, 2.45) is 16.7 Å². The molecule has 1 heterocycles. The average molecular weight is 195 g/mol. The fourth-order valence-electron chi connectivity index (χ4n) is 4.02. The van der Waals surface area contributed by atoms with Crippen molar-refractivity contribution in [3.8, 4) is 0 Å². The van der Waals surface area contributed by atoms with Gasteiger partial charge in [-0.15, -0.1) is 0 Å². The molecule has 1 saturated heterocycles. The van der Waals surface area contributed by atoms with Gasteiger partial charge in [-0.3, -0.25) is 0 Å². The summed E-state index contributed by atoms with van der Waals surface area (Å²) in [6, 6.07) is 0. The van der Waals surface area contributed by atoms with Gasteiger partial charge in [-0.05, 0) is 30.7 Å². The summed E-state index contributed by atoms with van der Waals surface area (Å²) < 4.78 is 0. The Morgan fingerprint density at radius 2 is 1.71 bits per heavy atom. The predicted molar refractivity (Wildman–Crippen MR) is 57.1 cm³/mol. The topological polar surface area (TPSA) is 20.3 Å². The van der Waals surface area contributed by atoms with Crippen molar-refractivity contribution in [1.29, 1.82) is 0 Å². The quantitative estimate of drug-likeness (QED) is 0.596. The van der Waals surface area contributed by atoms with E-state index in [2.05, 4.69) is 25.8 Å². The van der Waals surface area contributed by atoms with E-state index in [-0.39, 0.29) is 16.7 Å². The first-order valence-electron chi connectivity index (χ1n) is 5.64. The number of carbonyl (C=O) groups is 1. The number of rotatable bonds is 1. The molecular weight excluding hydrogens is 174 g/mol. The number of likely N-dealkylation sites (tertiary alicyclic amines) is 1. The molecule has 2 rings (SSSR count). The predicted octanol–water partition coefficient (Wildman–Crippen LogP) is 1.94. The fraction of sp³-hybridized carbons (Fsp3) is 0.917. The van der Waals surface area contributed by atoms with Gasteiger partial charge in [0.05, 0.1) is 0 Å². The third kappa shape index (κ3) is 1.31. The lowest BCUT2D eigenvalue weighted by atomic mass is 9.54. The van der Waals surface area contributed by atoms with Gasteiger partial charge in [0.15, 0.2) is 0 Å². The minimum atomic E-state index is 0.238. The van der Waals surface area contributed by atoms with Crippen molar-refractivity contribution >= 4 is 6.29 Å². The van der Waals surface area contributed by atoms with E-state index >= 15 is 0 Å². The van der Waals surface area contributed by atoms with Crippen LogP contribution in [0.1, 0.15) is 33.1 Å². The van der Waals surface area contributed by atoms with Gasteiger partial charge in [-0.2, -0.15) is 0 Å². The number of hydrogen-bond acceptors (Lipinski definition) is 2. The van der Waals surface area contributed by atoms with Gasteiger partial charge < -0.3 is 9.69 Å². The first-order chi connectivity index (χ1) is 6.50. The van der Waals surface area contributed by atoms with Gasteiger partial charge in [-0.25, -0.2) is 0 Å². The Kier molecular flexibility index (Phi) is 2.22. The van der Waals surface area contributed by atoms with Crippen LogP contribution in [0.25, 0.3) is 0 Å². The average Bonchev–Trinajstić information content (AvgIpc) is 1.99. The van der Waals surface area contributed by atoms with E-state index in [1.165, 1.54) is 25.5 Å². The molecule has 0 aromatic rings. The van der Waals surface area contributed by atoms with Gasteiger partial charge in [0.2, 0.25) is 0 Å². The molecule has 1 aliphatic heterocycles. The second-order valence-corrected chi connectivity index (χ2v) is 5.95. The van der Waals surface area contributed by atoms with E-state index in [1.54, 1.807) is 0 Å². The van der Waals surface area contributed by atoms with Crippen LogP contribution < -0.4 is 0 Å². The first-order valence-corrected chi connectivity index (χ1v) is 5.64. The molecule has 0 radical (unpaired) electrons. The van der Waals surface area contributed by atoms with Crippen LogP contribution >= 0.6 is 0 Å². The number of fused-ring (bicyclic) bond motifs is 2. The summed E-state index contributed by atoms with van der Waals surface area (Å²) in [5.41, 5.74) is 0.476. The smallest absolute Gasteiger partial charge is 0.124 e. The van der Waals surface area contributed by atoms with Crippen LogP contribution in [0.15, 0.2) is 0 Å². The van der Waals surface area contributed by atoms with Gasteiger partial charge in [0.1, 0.15) is 6.29 Å². The van der Waals surface area contributed by atoms with Crippen LogP contribution in [0.4, 0.5) is 0 Å². The van der Waals surface area contributed by atoms with E-state index in [9.17, 15) is 4.79 Å². The molecule has 14 heavy (non-hydrogen) atoms. The van der Waals surface area contributed by atoms with Crippen molar-refractivity contribution in [1.82, 2.24) is 4.90 Å². The maximum absolute atomic E-state index is 11.3. The molecule has 0 amide bonds. The van der Waals surface area contributed by atoms with Crippen LogP contribution in [0.5, 0.6) is 0 Å². The number of aldehydes is 1. The summed E-state index contributed by atoms with van der Waals surface area (Å²) in [6.45, 7) is 6.76. The monoisotopic (exact) mass is 195 g/mol. The maximum atomic E-state index is 11.3. The summed E-state index contributed by atoms with van der Waals surface area (Å²) in [5, 5.41) is 0. The van der Waals surface area contributed by atoms with Crippen LogP contribution in [0.3, 0.4) is 0 Å². The SMILES string of the molecule is CN1CC2(C)CCCC(C)(C1)C2C=O. The number of nitrogens with zero attached hydrogens (tertiary/aromatic N) is 1. The van der Waals surface area contributed by atoms with Crippen LogP contribution in [0.2, 0.25) is 0 Å². The minimum absolute atomic E-state index is 0.238. The molecule has 80 valence electrons. The van der Waals surface area contributed by atoms with Crippen molar-refractivity contribution in [2.45, 2.75) is 33.1 Å². The molecule has 2 fully saturated rings. The van der Waals surface area contributed by atoms with Gasteiger partial charge in [0, 0.05) is 19.0 Å². The van der Waals surface area contributed by atoms with E-state index in [0.29, 0.717) is 0 Å². The molecule has 0 aromatic carbocycles. The summed E-state index contributed by atoms with van der Waals surface area (Å²) in [7, 11) is 2.18. The van der Waals surface area contributed by atoms with E-state index < -0.39 is 0 Å². The molecule has 2 aliphatic rings. The molecule has 1 saturated carbocycles. The highest BCUT2D eigenvalue weighted by Gasteiger charge is 2.52. The third-order valence-electron chi connectivity index (χ3n) is 4.40. The van der Waals surface area contributed by atoms with Crippen LogP contribution in [-0.4, -0.2) is 31.3 Å². The van der Waals surface area contributed by atoms with Gasteiger partial charge in [-0.1, -0.05) is 20.3 Å². The standard InChI is InChI=1S/C12H21NO/c1-11-5-4-6-12(2,10(11)7-14)9-13(3)8-11/h7,10H,4-6,8-9H2,1-3H3. The molecule has 2 heteroatoms. The lowest BCUT2D eigenvalue weighted by Crippen LogP contribution is -2.58. The van der Waals surface area contributed by atoms with Crippen molar-refractivity contribution in [3.63, 3.8) is 0 Å².